The van der Waals surface area contributed by atoms with Crippen LogP contribution in [0.15, 0.2) is 27.6 Å². The molecule has 0 aliphatic carbocycles. The monoisotopic (exact) mass is 299 g/mol. The van der Waals surface area contributed by atoms with Crippen molar-refractivity contribution >= 4 is 33.4 Å². The van der Waals surface area contributed by atoms with Gasteiger partial charge in [0.05, 0.1) is 6.42 Å². The summed E-state index contributed by atoms with van der Waals surface area (Å²) in [6, 6.07) is 5.05. The lowest BCUT2D eigenvalue weighted by Gasteiger charge is -2.07. The summed E-state index contributed by atoms with van der Waals surface area (Å²) >= 11 is 4.41. The molecule has 0 atom stereocenters. The van der Waals surface area contributed by atoms with Gasteiger partial charge in [-0.1, -0.05) is 0 Å². The zero-order valence-electron chi connectivity index (χ0n) is 7.64. The Kier molecular flexibility index (Phi) is 4.33. The molecule has 1 rings (SSSR count). The van der Waals surface area contributed by atoms with E-state index >= 15 is 0 Å². The molecule has 0 heterocycles. The molecule has 0 aromatic heterocycles. The van der Waals surface area contributed by atoms with Crippen molar-refractivity contribution in [3.63, 3.8) is 0 Å². The molecule has 0 bridgehead atoms. The molecule has 0 radical (unpaired) electrons. The molecule has 0 spiro atoms. The number of nitrogen functional groups attached to an aromatic ring is 1. The summed E-state index contributed by atoms with van der Waals surface area (Å²) in [4.78, 5) is 0.772. The van der Waals surface area contributed by atoms with E-state index in [9.17, 15) is 13.2 Å². The van der Waals surface area contributed by atoms with Crippen molar-refractivity contribution in [1.29, 1.82) is 0 Å². The smallest absolute Gasteiger partial charge is 0.389 e. The number of halogens is 4. The molecule has 84 valence electrons. The lowest BCUT2D eigenvalue weighted by atomic mass is 10.3. The van der Waals surface area contributed by atoms with E-state index in [2.05, 4.69) is 15.9 Å². The third-order valence-electron chi connectivity index (χ3n) is 1.60. The van der Waals surface area contributed by atoms with E-state index in [0.717, 1.165) is 21.1 Å². The van der Waals surface area contributed by atoms with Gasteiger partial charge in [-0.05, 0) is 34.1 Å². The summed E-state index contributed by atoms with van der Waals surface area (Å²) in [5.74, 6) is 0.0199. The number of hydrogen-bond donors (Lipinski definition) is 1. The van der Waals surface area contributed by atoms with Gasteiger partial charge in [-0.25, -0.2) is 0 Å². The predicted molar refractivity (Wildman–Crippen MR) is 60.0 cm³/mol. The van der Waals surface area contributed by atoms with E-state index in [1.807, 2.05) is 0 Å². The van der Waals surface area contributed by atoms with Crippen molar-refractivity contribution < 1.29 is 13.2 Å². The summed E-state index contributed by atoms with van der Waals surface area (Å²) in [5.41, 5.74) is 6.09. The van der Waals surface area contributed by atoms with Gasteiger partial charge in [0.1, 0.15) is 0 Å². The fraction of sp³-hybridized carbons (Fsp3) is 0.333. The van der Waals surface area contributed by atoms with E-state index in [1.54, 1.807) is 18.2 Å². The van der Waals surface area contributed by atoms with Gasteiger partial charge in [-0.15, -0.1) is 11.8 Å². The van der Waals surface area contributed by atoms with Gasteiger partial charge in [0.25, 0.3) is 0 Å². The molecule has 0 saturated heterocycles. The van der Waals surface area contributed by atoms with Crippen LogP contribution in [0.2, 0.25) is 0 Å². The Bertz CT molecular complexity index is 341. The molecule has 0 saturated carbocycles. The minimum atomic E-state index is -4.09. The van der Waals surface area contributed by atoms with Crippen LogP contribution in [0.25, 0.3) is 0 Å². The first-order valence-corrected chi connectivity index (χ1v) is 5.91. The van der Waals surface area contributed by atoms with Crippen LogP contribution in [0, 0.1) is 0 Å². The summed E-state index contributed by atoms with van der Waals surface area (Å²) < 4.78 is 36.4. The van der Waals surface area contributed by atoms with Crippen LogP contribution in [0.4, 0.5) is 18.9 Å². The normalized spacial score (nSPS) is 11.7. The Morgan fingerprint density at radius 1 is 1.33 bits per heavy atom. The summed E-state index contributed by atoms with van der Waals surface area (Å²) in [7, 11) is 0. The molecule has 1 aromatic rings. The number of rotatable bonds is 3. The maximum absolute atomic E-state index is 11.9. The third kappa shape index (κ3) is 4.79. The molecule has 0 unspecified atom stereocenters. The number of anilines is 1. The highest BCUT2D eigenvalue weighted by molar-refractivity contribution is 9.10. The first kappa shape index (κ1) is 12.7. The molecule has 0 aliphatic heterocycles. The van der Waals surface area contributed by atoms with Gasteiger partial charge in [0.15, 0.2) is 0 Å². The molecule has 0 aliphatic rings. The number of benzene rings is 1. The van der Waals surface area contributed by atoms with E-state index in [1.165, 1.54) is 0 Å². The quantitative estimate of drug-likeness (QED) is 0.672. The van der Waals surface area contributed by atoms with Crippen molar-refractivity contribution in [2.75, 3.05) is 11.5 Å². The Hall–Kier alpha value is -0.360. The molecule has 1 nitrogen and oxygen atoms in total. The predicted octanol–water partition coefficient (Wildman–Crippen LogP) is 4.08. The maximum atomic E-state index is 11.9. The van der Waals surface area contributed by atoms with Crippen LogP contribution >= 0.6 is 27.7 Å². The Morgan fingerprint density at radius 3 is 2.53 bits per heavy atom. The van der Waals surface area contributed by atoms with Gasteiger partial charge < -0.3 is 5.73 Å². The van der Waals surface area contributed by atoms with Crippen LogP contribution in [-0.4, -0.2) is 11.9 Å². The second-order valence-electron chi connectivity index (χ2n) is 2.90. The van der Waals surface area contributed by atoms with Gasteiger partial charge in [-0.3, -0.25) is 0 Å². The standard InChI is InChI=1S/C9H9BrF3NS/c10-7-5-6(14)1-2-8(7)15-4-3-9(11,12)13/h1-2,5H,3-4,14H2. The lowest BCUT2D eigenvalue weighted by Crippen LogP contribution is -2.07. The Labute approximate surface area is 98.4 Å². The van der Waals surface area contributed by atoms with Crippen LogP contribution in [0.3, 0.4) is 0 Å². The first-order chi connectivity index (χ1) is 6.88. The van der Waals surface area contributed by atoms with Crippen LogP contribution in [0.5, 0.6) is 0 Å². The van der Waals surface area contributed by atoms with Crippen molar-refractivity contribution in [1.82, 2.24) is 0 Å². The zero-order chi connectivity index (χ0) is 11.5. The van der Waals surface area contributed by atoms with Crippen molar-refractivity contribution in [3.8, 4) is 0 Å². The second kappa shape index (κ2) is 5.12. The summed E-state index contributed by atoms with van der Waals surface area (Å²) in [6.07, 6.45) is -4.87. The number of thioether (sulfide) groups is 1. The fourth-order valence-electron chi connectivity index (χ4n) is 0.911. The number of hydrogen-bond acceptors (Lipinski definition) is 2. The topological polar surface area (TPSA) is 26.0 Å². The average Bonchev–Trinajstić information content (AvgIpc) is 2.07. The lowest BCUT2D eigenvalue weighted by molar-refractivity contribution is -0.129. The minimum Gasteiger partial charge on any atom is -0.399 e. The van der Waals surface area contributed by atoms with Gasteiger partial charge in [0.2, 0.25) is 0 Å². The number of nitrogens with two attached hydrogens (primary N) is 1. The highest BCUT2D eigenvalue weighted by Gasteiger charge is 2.26. The van der Waals surface area contributed by atoms with E-state index in [4.69, 9.17) is 5.73 Å². The fourth-order valence-corrected chi connectivity index (χ4v) is 2.57. The molecule has 15 heavy (non-hydrogen) atoms. The highest BCUT2D eigenvalue weighted by Crippen LogP contribution is 2.31. The Morgan fingerprint density at radius 2 is 2.00 bits per heavy atom. The SMILES string of the molecule is Nc1ccc(SCCC(F)(F)F)c(Br)c1. The van der Waals surface area contributed by atoms with Crippen LogP contribution < -0.4 is 5.73 Å². The van der Waals surface area contributed by atoms with E-state index in [-0.39, 0.29) is 5.75 Å². The Balaban J connectivity index is 2.51. The maximum Gasteiger partial charge on any atom is 0.389 e. The second-order valence-corrected chi connectivity index (χ2v) is 4.89. The van der Waals surface area contributed by atoms with E-state index < -0.39 is 12.6 Å². The van der Waals surface area contributed by atoms with Crippen molar-refractivity contribution in [2.45, 2.75) is 17.5 Å². The van der Waals surface area contributed by atoms with Crippen LogP contribution in [-0.2, 0) is 0 Å². The van der Waals surface area contributed by atoms with Gasteiger partial charge in [-0.2, -0.15) is 13.2 Å². The van der Waals surface area contributed by atoms with Crippen molar-refractivity contribution in [3.05, 3.63) is 22.7 Å². The largest absolute Gasteiger partial charge is 0.399 e. The van der Waals surface area contributed by atoms with E-state index in [0.29, 0.717) is 5.69 Å². The molecular weight excluding hydrogens is 291 g/mol. The molecule has 0 amide bonds. The molecule has 6 heteroatoms. The summed E-state index contributed by atoms with van der Waals surface area (Å²) in [6.45, 7) is 0. The first-order valence-electron chi connectivity index (χ1n) is 4.13. The number of alkyl halides is 3. The highest BCUT2D eigenvalue weighted by atomic mass is 79.9. The molecule has 2 N–H and O–H groups in total. The van der Waals surface area contributed by atoms with Crippen molar-refractivity contribution in [2.24, 2.45) is 0 Å². The molecular formula is C9H9BrF3NS. The van der Waals surface area contributed by atoms with Crippen LogP contribution in [0.1, 0.15) is 6.42 Å². The third-order valence-corrected chi connectivity index (χ3v) is 3.59. The molecule has 0 fully saturated rings. The average molecular weight is 300 g/mol. The van der Waals surface area contributed by atoms with Gasteiger partial charge >= 0.3 is 6.18 Å². The minimum absolute atomic E-state index is 0.0199. The zero-order valence-corrected chi connectivity index (χ0v) is 10.0. The molecule has 1 aromatic carbocycles. The van der Waals surface area contributed by atoms with Gasteiger partial charge in [0, 0.05) is 20.8 Å². The summed E-state index contributed by atoms with van der Waals surface area (Å²) in [5, 5.41) is 0.